The van der Waals surface area contributed by atoms with Crippen LogP contribution in [0.25, 0.3) is 0 Å². The van der Waals surface area contributed by atoms with E-state index in [1.54, 1.807) is 0 Å². The van der Waals surface area contributed by atoms with Gasteiger partial charge in [-0.05, 0) is 37.1 Å². The van der Waals surface area contributed by atoms with Gasteiger partial charge in [0.25, 0.3) is 0 Å². The molecule has 2 rings (SSSR count). The topological polar surface area (TPSA) is 29.3 Å². The summed E-state index contributed by atoms with van der Waals surface area (Å²) >= 11 is 0. The third kappa shape index (κ3) is 2.25. The molecule has 2 N–H and O–H groups in total. The van der Waals surface area contributed by atoms with E-state index in [2.05, 4.69) is 11.8 Å². The predicted molar refractivity (Wildman–Crippen MR) is 63.6 cm³/mol. The van der Waals surface area contributed by atoms with Crippen molar-refractivity contribution < 1.29 is 4.39 Å². The first kappa shape index (κ1) is 11.6. The lowest BCUT2D eigenvalue weighted by Gasteiger charge is -2.39. The van der Waals surface area contributed by atoms with Crippen LogP contribution in [-0.4, -0.2) is 24.5 Å². The van der Waals surface area contributed by atoms with Crippen LogP contribution in [0.15, 0.2) is 24.3 Å². The average molecular weight is 222 g/mol. The number of halogens is 1. The summed E-state index contributed by atoms with van der Waals surface area (Å²) in [5.74, 6) is -0.196. The van der Waals surface area contributed by atoms with Gasteiger partial charge in [-0.3, -0.25) is 0 Å². The molecule has 1 aliphatic rings. The summed E-state index contributed by atoms with van der Waals surface area (Å²) in [6.45, 7) is 5.32. The normalized spacial score (nSPS) is 20.9. The van der Waals surface area contributed by atoms with Crippen LogP contribution >= 0.6 is 0 Å². The number of benzene rings is 1. The molecular formula is C13H19FN2. The van der Waals surface area contributed by atoms with E-state index in [0.29, 0.717) is 0 Å². The zero-order chi connectivity index (χ0) is 11.6. The lowest BCUT2D eigenvalue weighted by atomic mass is 9.82. The number of likely N-dealkylation sites (tertiary alicyclic amines) is 1. The van der Waals surface area contributed by atoms with Gasteiger partial charge in [0.1, 0.15) is 5.82 Å². The second kappa shape index (κ2) is 4.52. The standard InChI is InChI=1S/C13H19FN2/c1-2-16-9-7-13(15,8-10-16)11-3-5-12(14)6-4-11/h3-6H,2,7-10,15H2,1H3. The Morgan fingerprint density at radius 1 is 1.25 bits per heavy atom. The first-order valence-electron chi connectivity index (χ1n) is 5.91. The van der Waals surface area contributed by atoms with Crippen molar-refractivity contribution in [1.82, 2.24) is 4.90 Å². The third-order valence-corrected chi connectivity index (χ3v) is 3.61. The Bertz CT molecular complexity index is 339. The smallest absolute Gasteiger partial charge is 0.123 e. The van der Waals surface area contributed by atoms with E-state index >= 15 is 0 Å². The highest BCUT2D eigenvalue weighted by molar-refractivity contribution is 5.25. The third-order valence-electron chi connectivity index (χ3n) is 3.61. The maximum absolute atomic E-state index is 12.8. The SMILES string of the molecule is CCN1CCC(N)(c2ccc(F)cc2)CC1. The van der Waals surface area contributed by atoms with Gasteiger partial charge < -0.3 is 10.6 Å². The van der Waals surface area contributed by atoms with Gasteiger partial charge in [0.2, 0.25) is 0 Å². The first-order chi connectivity index (χ1) is 7.64. The molecule has 1 aromatic rings. The minimum atomic E-state index is -0.265. The average Bonchev–Trinajstić information content (AvgIpc) is 2.31. The van der Waals surface area contributed by atoms with Crippen molar-refractivity contribution in [3.63, 3.8) is 0 Å². The predicted octanol–water partition coefficient (Wildman–Crippen LogP) is 2.10. The largest absolute Gasteiger partial charge is 0.321 e. The zero-order valence-electron chi connectivity index (χ0n) is 9.75. The molecular weight excluding hydrogens is 203 g/mol. The molecule has 88 valence electrons. The first-order valence-corrected chi connectivity index (χ1v) is 5.91. The summed E-state index contributed by atoms with van der Waals surface area (Å²) in [7, 11) is 0. The van der Waals surface area contributed by atoms with E-state index in [1.165, 1.54) is 12.1 Å². The monoisotopic (exact) mass is 222 g/mol. The Labute approximate surface area is 96.2 Å². The molecule has 0 spiro atoms. The van der Waals surface area contributed by atoms with Gasteiger partial charge >= 0.3 is 0 Å². The number of hydrogen-bond donors (Lipinski definition) is 1. The minimum absolute atomic E-state index is 0.196. The minimum Gasteiger partial charge on any atom is -0.321 e. The Kier molecular flexibility index (Phi) is 3.26. The molecule has 0 aliphatic carbocycles. The number of hydrogen-bond acceptors (Lipinski definition) is 2. The molecule has 0 unspecified atom stereocenters. The summed E-state index contributed by atoms with van der Waals surface area (Å²) < 4.78 is 12.8. The summed E-state index contributed by atoms with van der Waals surface area (Å²) in [4.78, 5) is 2.40. The van der Waals surface area contributed by atoms with E-state index in [9.17, 15) is 4.39 Å². The molecule has 0 aromatic heterocycles. The van der Waals surface area contributed by atoms with Crippen LogP contribution in [0.3, 0.4) is 0 Å². The van der Waals surface area contributed by atoms with Crippen molar-refractivity contribution in [2.24, 2.45) is 5.73 Å². The van der Waals surface area contributed by atoms with Crippen LogP contribution in [0.1, 0.15) is 25.3 Å². The van der Waals surface area contributed by atoms with Crippen molar-refractivity contribution in [2.45, 2.75) is 25.3 Å². The number of rotatable bonds is 2. The van der Waals surface area contributed by atoms with E-state index < -0.39 is 0 Å². The molecule has 1 saturated heterocycles. The lowest BCUT2D eigenvalue weighted by molar-refractivity contribution is 0.168. The van der Waals surface area contributed by atoms with Crippen LogP contribution in [0, 0.1) is 5.82 Å². The van der Waals surface area contributed by atoms with E-state index in [4.69, 9.17) is 5.73 Å². The lowest BCUT2D eigenvalue weighted by Crippen LogP contribution is -2.48. The highest BCUT2D eigenvalue weighted by atomic mass is 19.1. The van der Waals surface area contributed by atoms with Crippen molar-refractivity contribution in [3.05, 3.63) is 35.6 Å². The molecule has 2 nitrogen and oxygen atoms in total. The second-order valence-electron chi connectivity index (χ2n) is 4.60. The molecule has 16 heavy (non-hydrogen) atoms. The second-order valence-corrected chi connectivity index (χ2v) is 4.60. The number of nitrogens with two attached hydrogens (primary N) is 1. The van der Waals surface area contributed by atoms with Crippen LogP contribution in [0.5, 0.6) is 0 Å². The highest BCUT2D eigenvalue weighted by Crippen LogP contribution is 2.30. The van der Waals surface area contributed by atoms with E-state index in [0.717, 1.165) is 38.0 Å². The summed E-state index contributed by atoms with van der Waals surface area (Å²) in [6, 6.07) is 6.63. The van der Waals surface area contributed by atoms with Gasteiger partial charge in [0.05, 0.1) is 0 Å². The van der Waals surface area contributed by atoms with Gasteiger partial charge in [0, 0.05) is 18.6 Å². The van der Waals surface area contributed by atoms with E-state index in [-0.39, 0.29) is 11.4 Å². The number of nitrogens with zero attached hydrogens (tertiary/aromatic N) is 1. The fourth-order valence-corrected chi connectivity index (χ4v) is 2.34. The van der Waals surface area contributed by atoms with Crippen molar-refractivity contribution in [2.75, 3.05) is 19.6 Å². The van der Waals surface area contributed by atoms with Gasteiger partial charge in [-0.1, -0.05) is 19.1 Å². The fraction of sp³-hybridized carbons (Fsp3) is 0.538. The summed E-state index contributed by atoms with van der Waals surface area (Å²) in [5, 5.41) is 0. The highest BCUT2D eigenvalue weighted by Gasteiger charge is 2.31. The Morgan fingerprint density at radius 2 is 1.81 bits per heavy atom. The fourth-order valence-electron chi connectivity index (χ4n) is 2.34. The van der Waals surface area contributed by atoms with Gasteiger partial charge in [-0.15, -0.1) is 0 Å². The molecule has 0 saturated carbocycles. The van der Waals surface area contributed by atoms with Gasteiger partial charge in [-0.2, -0.15) is 0 Å². The molecule has 0 radical (unpaired) electrons. The zero-order valence-corrected chi connectivity index (χ0v) is 9.75. The molecule has 0 atom stereocenters. The van der Waals surface area contributed by atoms with Crippen molar-refractivity contribution in [3.8, 4) is 0 Å². The summed E-state index contributed by atoms with van der Waals surface area (Å²) in [5.41, 5.74) is 7.19. The van der Waals surface area contributed by atoms with Crippen LogP contribution < -0.4 is 5.73 Å². The van der Waals surface area contributed by atoms with Crippen LogP contribution in [0.2, 0.25) is 0 Å². The number of piperidine rings is 1. The van der Waals surface area contributed by atoms with Crippen LogP contribution in [-0.2, 0) is 5.54 Å². The summed E-state index contributed by atoms with van der Waals surface area (Å²) in [6.07, 6.45) is 1.90. The Balaban J connectivity index is 2.11. The quantitative estimate of drug-likeness (QED) is 0.830. The molecule has 0 bridgehead atoms. The van der Waals surface area contributed by atoms with Crippen LogP contribution in [0.4, 0.5) is 4.39 Å². The Morgan fingerprint density at radius 3 is 2.31 bits per heavy atom. The molecule has 1 aliphatic heterocycles. The molecule has 1 heterocycles. The van der Waals surface area contributed by atoms with Gasteiger partial charge in [-0.25, -0.2) is 4.39 Å². The van der Waals surface area contributed by atoms with Crippen molar-refractivity contribution in [1.29, 1.82) is 0 Å². The van der Waals surface area contributed by atoms with Gasteiger partial charge in [0.15, 0.2) is 0 Å². The maximum Gasteiger partial charge on any atom is 0.123 e. The molecule has 1 aromatic carbocycles. The molecule has 3 heteroatoms. The maximum atomic E-state index is 12.8. The van der Waals surface area contributed by atoms with E-state index in [1.807, 2.05) is 12.1 Å². The molecule has 0 amide bonds. The molecule has 1 fully saturated rings. The van der Waals surface area contributed by atoms with Crippen molar-refractivity contribution >= 4 is 0 Å². The Hall–Kier alpha value is -0.930.